The smallest absolute Gasteiger partial charge is 0.129 e. The van der Waals surface area contributed by atoms with Gasteiger partial charge in [-0.15, -0.1) is 0 Å². The molecule has 1 nitrogen and oxygen atoms in total. The van der Waals surface area contributed by atoms with Gasteiger partial charge in [-0.25, -0.2) is 0 Å². The van der Waals surface area contributed by atoms with E-state index in [4.69, 9.17) is 0 Å². The monoisotopic (exact) mass is 200 g/mol. The Bertz CT molecular complexity index is 396. The molecule has 0 spiro atoms. The van der Waals surface area contributed by atoms with Gasteiger partial charge >= 0.3 is 0 Å². The van der Waals surface area contributed by atoms with Gasteiger partial charge in [-0.2, -0.15) is 0 Å². The molecule has 1 aromatic carbocycles. The highest BCUT2D eigenvalue weighted by Crippen LogP contribution is 2.47. The quantitative estimate of drug-likeness (QED) is 0.690. The van der Waals surface area contributed by atoms with Gasteiger partial charge in [-0.05, 0) is 24.5 Å². The van der Waals surface area contributed by atoms with Gasteiger partial charge in [0.25, 0.3) is 0 Å². The van der Waals surface area contributed by atoms with E-state index in [1.54, 1.807) is 0 Å². The van der Waals surface area contributed by atoms with Crippen LogP contribution >= 0.6 is 0 Å². The van der Waals surface area contributed by atoms with E-state index in [2.05, 4.69) is 25.7 Å². The first-order chi connectivity index (χ1) is 7.12. The maximum Gasteiger partial charge on any atom is 0.129 e. The van der Waals surface area contributed by atoms with Crippen LogP contribution in [0.25, 0.3) is 0 Å². The van der Waals surface area contributed by atoms with Gasteiger partial charge < -0.3 is 5.11 Å². The number of aliphatic hydroxyl groups is 1. The lowest BCUT2D eigenvalue weighted by molar-refractivity contribution is 0.180. The molecule has 1 N–H and O–H groups in total. The van der Waals surface area contributed by atoms with Crippen molar-refractivity contribution in [3.8, 4) is 11.8 Å². The maximum absolute atomic E-state index is 10.0. The fourth-order valence-corrected chi connectivity index (χ4v) is 1.91. The van der Waals surface area contributed by atoms with E-state index in [0.717, 1.165) is 12.0 Å². The molecule has 0 saturated heterocycles. The molecular weight excluding hydrogens is 184 g/mol. The predicted molar refractivity (Wildman–Crippen MR) is 61.2 cm³/mol. The van der Waals surface area contributed by atoms with Gasteiger partial charge in [-0.1, -0.05) is 43.9 Å². The first-order valence-electron chi connectivity index (χ1n) is 5.42. The van der Waals surface area contributed by atoms with Crippen molar-refractivity contribution < 1.29 is 5.11 Å². The summed E-state index contributed by atoms with van der Waals surface area (Å²) in [6.07, 6.45) is 0.824. The zero-order valence-corrected chi connectivity index (χ0v) is 9.20. The van der Waals surface area contributed by atoms with Crippen molar-refractivity contribution in [2.45, 2.75) is 25.9 Å². The summed E-state index contributed by atoms with van der Waals surface area (Å²) in [4.78, 5) is 0. The van der Waals surface area contributed by atoms with Crippen LogP contribution in [0.1, 0.15) is 25.8 Å². The van der Waals surface area contributed by atoms with Crippen molar-refractivity contribution >= 4 is 0 Å². The van der Waals surface area contributed by atoms with Crippen LogP contribution in [0.4, 0.5) is 0 Å². The van der Waals surface area contributed by atoms with Crippen LogP contribution in [0.5, 0.6) is 0 Å². The number of hydrogen-bond acceptors (Lipinski definition) is 1. The Kier molecular flexibility index (Phi) is 2.54. The molecule has 78 valence electrons. The molecule has 1 aliphatic carbocycles. The molecule has 2 atom stereocenters. The summed E-state index contributed by atoms with van der Waals surface area (Å²) in [5.74, 6) is 6.89. The summed E-state index contributed by atoms with van der Waals surface area (Å²) in [6.45, 7) is 4.26. The molecule has 0 amide bonds. The summed E-state index contributed by atoms with van der Waals surface area (Å²) in [6, 6.07) is 9.81. The van der Waals surface area contributed by atoms with E-state index >= 15 is 0 Å². The van der Waals surface area contributed by atoms with Crippen LogP contribution in [0.3, 0.4) is 0 Å². The summed E-state index contributed by atoms with van der Waals surface area (Å²) in [5.41, 5.74) is 0.254. The van der Waals surface area contributed by atoms with Crippen LogP contribution in [0.2, 0.25) is 0 Å². The van der Waals surface area contributed by atoms with E-state index in [-0.39, 0.29) is 0 Å². The summed E-state index contributed by atoms with van der Waals surface area (Å²) in [5, 5.41) is 10.0. The van der Waals surface area contributed by atoms with Gasteiger partial charge in [0.15, 0.2) is 0 Å². The van der Waals surface area contributed by atoms with E-state index in [9.17, 15) is 5.11 Å². The van der Waals surface area contributed by atoms with Crippen LogP contribution < -0.4 is 0 Å². The SMILES string of the molecule is CC(C)[C@H]1C[C@@]1(O)C#Cc1ccccc1. The van der Waals surface area contributed by atoms with Gasteiger partial charge in [-0.3, -0.25) is 0 Å². The second-order valence-corrected chi connectivity index (χ2v) is 4.59. The van der Waals surface area contributed by atoms with Crippen LogP contribution in [-0.2, 0) is 0 Å². The third-order valence-corrected chi connectivity index (χ3v) is 2.99. The summed E-state index contributed by atoms with van der Waals surface area (Å²) < 4.78 is 0. The second kappa shape index (κ2) is 3.72. The third kappa shape index (κ3) is 2.22. The molecule has 0 radical (unpaired) electrons. The van der Waals surface area contributed by atoms with Crippen LogP contribution in [0.15, 0.2) is 30.3 Å². The Morgan fingerprint density at radius 2 is 2.00 bits per heavy atom. The highest BCUT2D eigenvalue weighted by atomic mass is 16.3. The molecular formula is C14H16O. The average molecular weight is 200 g/mol. The van der Waals surface area contributed by atoms with E-state index in [1.165, 1.54) is 0 Å². The molecule has 1 saturated carbocycles. The molecule has 2 rings (SSSR count). The van der Waals surface area contributed by atoms with Gasteiger partial charge in [0, 0.05) is 11.5 Å². The molecule has 0 aliphatic heterocycles. The number of benzene rings is 1. The van der Waals surface area contributed by atoms with Crippen molar-refractivity contribution in [1.29, 1.82) is 0 Å². The summed E-state index contributed by atoms with van der Waals surface area (Å²) in [7, 11) is 0. The summed E-state index contributed by atoms with van der Waals surface area (Å²) >= 11 is 0. The zero-order chi connectivity index (χ0) is 10.9. The zero-order valence-electron chi connectivity index (χ0n) is 9.20. The lowest BCUT2D eigenvalue weighted by Crippen LogP contribution is -2.10. The van der Waals surface area contributed by atoms with Crippen molar-refractivity contribution in [3.63, 3.8) is 0 Å². The molecule has 0 heterocycles. The largest absolute Gasteiger partial charge is 0.377 e. The van der Waals surface area contributed by atoms with Gasteiger partial charge in [0.1, 0.15) is 5.60 Å². The van der Waals surface area contributed by atoms with Crippen LogP contribution in [-0.4, -0.2) is 10.7 Å². The number of rotatable bonds is 1. The Morgan fingerprint density at radius 1 is 1.33 bits per heavy atom. The second-order valence-electron chi connectivity index (χ2n) is 4.59. The first kappa shape index (κ1) is 10.3. The fraction of sp³-hybridized carbons (Fsp3) is 0.429. The Morgan fingerprint density at radius 3 is 2.53 bits per heavy atom. The third-order valence-electron chi connectivity index (χ3n) is 2.99. The minimum atomic E-state index is -0.718. The van der Waals surface area contributed by atoms with Crippen molar-refractivity contribution in [2.24, 2.45) is 11.8 Å². The Balaban J connectivity index is 2.08. The minimum absolute atomic E-state index is 0.355. The molecule has 1 aromatic rings. The fourth-order valence-electron chi connectivity index (χ4n) is 1.91. The number of hydrogen-bond donors (Lipinski definition) is 1. The molecule has 1 fully saturated rings. The van der Waals surface area contributed by atoms with Crippen molar-refractivity contribution in [2.75, 3.05) is 0 Å². The van der Waals surface area contributed by atoms with Gasteiger partial charge in [0.2, 0.25) is 0 Å². The Labute approximate surface area is 91.1 Å². The van der Waals surface area contributed by atoms with E-state index < -0.39 is 5.60 Å². The average Bonchev–Trinajstić information content (AvgIpc) is 2.91. The van der Waals surface area contributed by atoms with E-state index in [1.807, 2.05) is 30.3 Å². The molecule has 0 aromatic heterocycles. The molecule has 0 unspecified atom stereocenters. The van der Waals surface area contributed by atoms with Crippen LogP contribution in [0, 0.1) is 23.7 Å². The first-order valence-corrected chi connectivity index (χ1v) is 5.42. The normalized spacial score (nSPS) is 28.4. The van der Waals surface area contributed by atoms with E-state index in [0.29, 0.717) is 11.8 Å². The molecule has 1 aliphatic rings. The highest BCUT2D eigenvalue weighted by Gasteiger charge is 2.53. The lowest BCUT2D eigenvalue weighted by Gasteiger charge is -2.04. The van der Waals surface area contributed by atoms with Crippen molar-refractivity contribution in [3.05, 3.63) is 35.9 Å². The molecule has 1 heteroatoms. The topological polar surface area (TPSA) is 20.2 Å². The van der Waals surface area contributed by atoms with Crippen molar-refractivity contribution in [1.82, 2.24) is 0 Å². The van der Waals surface area contributed by atoms with Gasteiger partial charge in [0.05, 0.1) is 0 Å². The lowest BCUT2D eigenvalue weighted by atomic mass is 10.1. The standard InChI is InChI=1S/C14H16O/c1-11(2)13-10-14(13,15)9-8-12-6-4-3-5-7-12/h3-7,11,13,15H,10H2,1-2H3/t13-,14+/m1/s1. The Hall–Kier alpha value is -1.26. The highest BCUT2D eigenvalue weighted by molar-refractivity contribution is 5.38. The predicted octanol–water partition coefficient (Wildman–Crippen LogP) is 2.45. The minimum Gasteiger partial charge on any atom is -0.377 e. The maximum atomic E-state index is 10.0. The molecule has 0 bridgehead atoms. The molecule has 15 heavy (non-hydrogen) atoms.